The van der Waals surface area contributed by atoms with E-state index in [4.69, 9.17) is 0 Å². The number of nitrogens with zero attached hydrogens (tertiary/aromatic N) is 2. The van der Waals surface area contributed by atoms with E-state index in [0.717, 1.165) is 38.8 Å². The van der Waals surface area contributed by atoms with Crippen LogP contribution in [0.3, 0.4) is 0 Å². The molecular weight excluding hydrogens is 447 g/mol. The third-order valence-electron chi connectivity index (χ3n) is 6.77. The lowest BCUT2D eigenvalue weighted by atomic mass is 9.95. The smallest absolute Gasteiger partial charge is 0.257 e. The van der Waals surface area contributed by atoms with E-state index in [1.807, 2.05) is 4.90 Å². The van der Waals surface area contributed by atoms with Gasteiger partial charge in [0.05, 0.1) is 17.8 Å². The fourth-order valence-electron chi connectivity index (χ4n) is 4.80. The number of anilines is 2. The Balaban J connectivity index is 1.28. The number of nitrogens with one attached hydrogen (secondary N) is 2. The molecule has 7 nitrogen and oxygen atoms in total. The van der Waals surface area contributed by atoms with Crippen LogP contribution >= 0.6 is 0 Å². The van der Waals surface area contributed by atoms with Crippen LogP contribution in [0, 0.1) is 11.7 Å². The largest absolute Gasteiger partial charge is 0.342 e. The Morgan fingerprint density at radius 2 is 1.49 bits per heavy atom. The number of amides is 3. The van der Waals surface area contributed by atoms with E-state index in [2.05, 4.69) is 15.5 Å². The minimum Gasteiger partial charge on any atom is -0.342 e. The lowest BCUT2D eigenvalue weighted by molar-refractivity contribution is -0.137. The summed E-state index contributed by atoms with van der Waals surface area (Å²) in [6.45, 7) is 3.35. The Bertz CT molecular complexity index is 1030. The van der Waals surface area contributed by atoms with Gasteiger partial charge in [-0.15, -0.1) is 0 Å². The molecule has 0 saturated carbocycles. The molecule has 0 unspecified atom stereocenters. The number of halogens is 1. The maximum Gasteiger partial charge on any atom is 0.257 e. The summed E-state index contributed by atoms with van der Waals surface area (Å²) in [4.78, 5) is 42.5. The number of likely N-dealkylation sites (tertiary alicyclic amines) is 2. The van der Waals surface area contributed by atoms with Crippen LogP contribution in [0.2, 0.25) is 0 Å². The summed E-state index contributed by atoms with van der Waals surface area (Å²) < 4.78 is 13.1. The van der Waals surface area contributed by atoms with Crippen LogP contribution in [-0.2, 0) is 9.59 Å². The van der Waals surface area contributed by atoms with Crippen molar-refractivity contribution in [1.82, 2.24) is 9.80 Å². The molecule has 8 heteroatoms. The lowest BCUT2D eigenvalue weighted by Crippen LogP contribution is -2.44. The number of rotatable bonds is 6. The molecule has 2 saturated heterocycles. The Labute approximate surface area is 205 Å². The molecule has 2 N–H and O–H groups in total. The Morgan fingerprint density at radius 3 is 2.17 bits per heavy atom. The van der Waals surface area contributed by atoms with Gasteiger partial charge in [-0.2, -0.15) is 0 Å². The molecule has 3 amide bonds. The molecule has 0 atom stereocenters. The predicted octanol–water partition coefficient (Wildman–Crippen LogP) is 4.13. The molecule has 2 fully saturated rings. The second-order valence-electron chi connectivity index (χ2n) is 9.34. The maximum absolute atomic E-state index is 13.1. The van der Waals surface area contributed by atoms with E-state index < -0.39 is 0 Å². The van der Waals surface area contributed by atoms with Crippen LogP contribution in [0.5, 0.6) is 0 Å². The van der Waals surface area contributed by atoms with Crippen molar-refractivity contribution in [2.45, 2.75) is 38.5 Å². The van der Waals surface area contributed by atoms with Crippen LogP contribution < -0.4 is 10.6 Å². The molecule has 2 heterocycles. The molecule has 4 rings (SSSR count). The van der Waals surface area contributed by atoms with Crippen molar-refractivity contribution in [3.63, 3.8) is 0 Å². The number of piperidine rings is 1. The van der Waals surface area contributed by atoms with Gasteiger partial charge >= 0.3 is 0 Å². The van der Waals surface area contributed by atoms with Crippen LogP contribution in [0.1, 0.15) is 48.9 Å². The topological polar surface area (TPSA) is 81.8 Å². The van der Waals surface area contributed by atoms with Gasteiger partial charge in [-0.25, -0.2) is 4.39 Å². The second kappa shape index (κ2) is 11.9. The highest BCUT2D eigenvalue weighted by Gasteiger charge is 2.29. The van der Waals surface area contributed by atoms with E-state index in [0.29, 0.717) is 30.0 Å². The zero-order chi connectivity index (χ0) is 24.6. The lowest BCUT2D eigenvalue weighted by Gasteiger charge is -2.33. The van der Waals surface area contributed by atoms with Gasteiger partial charge in [0.1, 0.15) is 5.82 Å². The highest BCUT2D eigenvalue weighted by atomic mass is 19.1. The van der Waals surface area contributed by atoms with Crippen molar-refractivity contribution in [1.29, 1.82) is 0 Å². The average Bonchev–Trinajstić information content (AvgIpc) is 3.15. The van der Waals surface area contributed by atoms with Crippen molar-refractivity contribution < 1.29 is 18.8 Å². The molecule has 35 heavy (non-hydrogen) atoms. The van der Waals surface area contributed by atoms with Gasteiger partial charge in [0.25, 0.3) is 5.91 Å². The maximum atomic E-state index is 13.1. The first-order valence-corrected chi connectivity index (χ1v) is 12.5. The molecule has 2 aliphatic rings. The number of para-hydroxylation sites is 1. The van der Waals surface area contributed by atoms with Gasteiger partial charge in [0, 0.05) is 24.7 Å². The highest BCUT2D eigenvalue weighted by molar-refractivity contribution is 6.10. The molecule has 2 aromatic carbocycles. The van der Waals surface area contributed by atoms with Crippen molar-refractivity contribution in [3.8, 4) is 0 Å². The van der Waals surface area contributed by atoms with Crippen molar-refractivity contribution >= 4 is 29.1 Å². The summed E-state index contributed by atoms with van der Waals surface area (Å²) in [5.74, 6) is -0.656. The standard InChI is InChI=1S/C27H33FN4O3/c28-21-9-11-22(12-10-21)29-26(34)23-7-3-4-8-24(23)30-25(33)19-31-17-13-20(14-18-31)27(35)32-15-5-1-2-6-16-32/h3-4,7-12,20H,1-2,5-6,13-19H2,(H,29,34)(H,30,33). The third-order valence-corrected chi connectivity index (χ3v) is 6.77. The first-order valence-electron chi connectivity index (χ1n) is 12.5. The van der Waals surface area contributed by atoms with E-state index in [1.165, 1.54) is 37.1 Å². The zero-order valence-electron chi connectivity index (χ0n) is 20.0. The molecule has 0 bridgehead atoms. The van der Waals surface area contributed by atoms with Gasteiger partial charge in [-0.3, -0.25) is 19.3 Å². The molecule has 186 valence electrons. The number of carbonyl (C=O) groups is 3. The van der Waals surface area contributed by atoms with E-state index in [9.17, 15) is 18.8 Å². The summed E-state index contributed by atoms with van der Waals surface area (Å²) in [6.07, 6.45) is 6.11. The first-order chi connectivity index (χ1) is 17.0. The van der Waals surface area contributed by atoms with E-state index in [-0.39, 0.29) is 36.0 Å². The second-order valence-corrected chi connectivity index (χ2v) is 9.34. The monoisotopic (exact) mass is 480 g/mol. The van der Waals surface area contributed by atoms with Crippen molar-refractivity contribution in [3.05, 3.63) is 59.9 Å². The van der Waals surface area contributed by atoms with Gasteiger partial charge in [0.2, 0.25) is 11.8 Å². The Hall–Kier alpha value is -3.26. The molecule has 0 radical (unpaired) electrons. The fraction of sp³-hybridized carbons (Fsp3) is 0.444. The average molecular weight is 481 g/mol. The minimum absolute atomic E-state index is 0.0447. The Morgan fingerprint density at radius 1 is 0.829 bits per heavy atom. The summed E-state index contributed by atoms with van der Waals surface area (Å²) in [5, 5.41) is 5.57. The van der Waals surface area contributed by atoms with E-state index in [1.54, 1.807) is 24.3 Å². The van der Waals surface area contributed by atoms with Crippen molar-refractivity contribution in [2.24, 2.45) is 5.92 Å². The molecule has 0 spiro atoms. The molecule has 2 aliphatic heterocycles. The summed E-state index contributed by atoms with van der Waals surface area (Å²) >= 11 is 0. The highest BCUT2D eigenvalue weighted by Crippen LogP contribution is 2.22. The molecule has 0 aliphatic carbocycles. The van der Waals surface area contributed by atoms with Crippen LogP contribution in [0.15, 0.2) is 48.5 Å². The van der Waals surface area contributed by atoms with Crippen LogP contribution in [-0.4, -0.2) is 60.2 Å². The summed E-state index contributed by atoms with van der Waals surface area (Å²) in [6, 6.07) is 12.3. The van der Waals surface area contributed by atoms with Gasteiger partial charge in [-0.05, 0) is 75.2 Å². The third kappa shape index (κ3) is 6.88. The predicted molar refractivity (Wildman–Crippen MR) is 134 cm³/mol. The summed E-state index contributed by atoms with van der Waals surface area (Å²) in [5.41, 5.74) is 1.21. The molecule has 2 aromatic rings. The van der Waals surface area contributed by atoms with Crippen LogP contribution in [0.25, 0.3) is 0 Å². The zero-order valence-corrected chi connectivity index (χ0v) is 20.0. The number of benzene rings is 2. The van der Waals surface area contributed by atoms with Crippen molar-refractivity contribution in [2.75, 3.05) is 43.4 Å². The van der Waals surface area contributed by atoms with E-state index >= 15 is 0 Å². The van der Waals surface area contributed by atoms with Gasteiger partial charge < -0.3 is 15.5 Å². The summed E-state index contributed by atoms with van der Waals surface area (Å²) in [7, 11) is 0. The van der Waals surface area contributed by atoms with Gasteiger partial charge in [-0.1, -0.05) is 25.0 Å². The van der Waals surface area contributed by atoms with Gasteiger partial charge in [0.15, 0.2) is 0 Å². The quantitative estimate of drug-likeness (QED) is 0.651. The Kier molecular flexibility index (Phi) is 8.47. The molecule has 0 aromatic heterocycles. The minimum atomic E-state index is -0.389. The first kappa shape index (κ1) is 24.9. The molecular formula is C27H33FN4O3. The normalized spacial score (nSPS) is 17.5. The van der Waals surface area contributed by atoms with Crippen LogP contribution in [0.4, 0.5) is 15.8 Å². The number of hydrogen-bond acceptors (Lipinski definition) is 4. The SMILES string of the molecule is O=C(CN1CCC(C(=O)N2CCCCCC2)CC1)Nc1ccccc1C(=O)Nc1ccc(F)cc1. The fourth-order valence-corrected chi connectivity index (χ4v) is 4.80. The number of hydrogen-bond donors (Lipinski definition) is 2. The number of carbonyl (C=O) groups excluding carboxylic acids is 3.